The van der Waals surface area contributed by atoms with Gasteiger partial charge >= 0.3 is 5.97 Å². The van der Waals surface area contributed by atoms with E-state index in [1.165, 1.54) is 7.11 Å². The first-order valence-electron chi connectivity index (χ1n) is 9.41. The molecule has 4 aromatic rings. The fraction of sp³-hybridized carbons (Fsp3) is 0.167. The normalized spacial score (nSPS) is 10.9. The number of carbonyl (C=O) groups excluding carboxylic acids is 1. The fourth-order valence-corrected chi connectivity index (χ4v) is 3.87. The molecule has 0 saturated carbocycles. The summed E-state index contributed by atoms with van der Waals surface area (Å²) in [6.07, 6.45) is 0.777. The fourth-order valence-electron chi connectivity index (χ4n) is 3.87. The number of rotatable bonds is 4. The zero-order valence-electron chi connectivity index (χ0n) is 16.3. The van der Waals surface area contributed by atoms with Crippen molar-refractivity contribution < 1.29 is 14.6 Å². The van der Waals surface area contributed by atoms with Gasteiger partial charge in [-0.15, -0.1) is 0 Å². The van der Waals surface area contributed by atoms with E-state index in [4.69, 9.17) is 4.74 Å². The highest BCUT2D eigenvalue weighted by molar-refractivity contribution is 6.19. The molecule has 0 radical (unpaired) electrons. The molecular formula is C24H20N2O3. The minimum Gasteiger partial charge on any atom is -0.507 e. The molecule has 1 N–H and O–H groups in total. The highest BCUT2D eigenvalue weighted by atomic mass is 16.5. The number of carbonyl (C=O) groups is 1. The average Bonchev–Trinajstić information content (AvgIpc) is 3.07. The number of hydrogen-bond donors (Lipinski definition) is 1. The summed E-state index contributed by atoms with van der Waals surface area (Å²) >= 11 is 0. The van der Waals surface area contributed by atoms with Gasteiger partial charge in [-0.25, -0.2) is 4.79 Å². The lowest BCUT2D eigenvalue weighted by Gasteiger charge is -2.09. The van der Waals surface area contributed by atoms with E-state index in [1.54, 1.807) is 18.2 Å². The Hall–Kier alpha value is -3.78. The van der Waals surface area contributed by atoms with Crippen LogP contribution in [-0.4, -0.2) is 22.8 Å². The molecule has 3 aromatic carbocycles. The van der Waals surface area contributed by atoms with Crippen LogP contribution < -0.4 is 0 Å². The van der Waals surface area contributed by atoms with Crippen LogP contribution >= 0.6 is 0 Å². The lowest BCUT2D eigenvalue weighted by atomic mass is 10.0. The van der Waals surface area contributed by atoms with Crippen LogP contribution in [0.2, 0.25) is 0 Å². The quantitative estimate of drug-likeness (QED) is 0.514. The summed E-state index contributed by atoms with van der Waals surface area (Å²) in [6, 6.07) is 18.9. The number of aryl methyl sites for hydroxylation is 1. The van der Waals surface area contributed by atoms with Gasteiger partial charge in [-0.3, -0.25) is 0 Å². The topological polar surface area (TPSA) is 75.2 Å². The molecule has 144 valence electrons. The van der Waals surface area contributed by atoms with Crippen LogP contribution in [0.4, 0.5) is 0 Å². The predicted octanol–water partition coefficient (Wildman–Crippen LogP) is 4.77. The first-order chi connectivity index (χ1) is 14.1. The van der Waals surface area contributed by atoms with E-state index in [2.05, 4.69) is 10.6 Å². The smallest absolute Gasteiger partial charge is 0.338 e. The number of benzene rings is 3. The Morgan fingerprint density at radius 3 is 2.59 bits per heavy atom. The zero-order valence-corrected chi connectivity index (χ0v) is 16.3. The van der Waals surface area contributed by atoms with Gasteiger partial charge < -0.3 is 14.4 Å². The maximum Gasteiger partial charge on any atom is 0.338 e. The van der Waals surface area contributed by atoms with Gasteiger partial charge in [0.1, 0.15) is 5.75 Å². The molecule has 29 heavy (non-hydrogen) atoms. The van der Waals surface area contributed by atoms with Crippen molar-refractivity contribution in [1.29, 1.82) is 5.26 Å². The molecule has 0 fully saturated rings. The number of ether oxygens (including phenoxy) is 1. The Bertz CT molecular complexity index is 1300. The third-order valence-corrected chi connectivity index (χ3v) is 5.24. The van der Waals surface area contributed by atoms with Gasteiger partial charge in [0.15, 0.2) is 0 Å². The Balaban J connectivity index is 2.07. The van der Waals surface area contributed by atoms with E-state index in [-0.39, 0.29) is 5.75 Å². The minimum atomic E-state index is -0.444. The number of hydrogen-bond acceptors (Lipinski definition) is 4. The number of aromatic nitrogens is 1. The maximum atomic E-state index is 12.4. The minimum absolute atomic E-state index is 0.144. The van der Waals surface area contributed by atoms with Crippen molar-refractivity contribution in [2.75, 3.05) is 7.11 Å². The van der Waals surface area contributed by atoms with E-state index in [1.807, 2.05) is 43.3 Å². The summed E-state index contributed by atoms with van der Waals surface area (Å²) < 4.78 is 7.05. The van der Waals surface area contributed by atoms with Crippen molar-refractivity contribution in [3.8, 4) is 11.8 Å². The molecule has 0 bridgehead atoms. The molecule has 0 aliphatic rings. The first kappa shape index (κ1) is 18.6. The molecule has 0 atom stereocenters. The SMILES string of the molecule is CCc1cc(O)c2c3c(C(=O)OC)cccc3n(Cc3cccc(C#N)c3)c2c1. The second kappa shape index (κ2) is 7.33. The van der Waals surface area contributed by atoms with Crippen LogP contribution in [0, 0.1) is 11.3 Å². The Kier molecular flexibility index (Phi) is 4.69. The highest BCUT2D eigenvalue weighted by Crippen LogP contribution is 2.38. The van der Waals surface area contributed by atoms with Crippen molar-refractivity contribution in [1.82, 2.24) is 4.57 Å². The van der Waals surface area contributed by atoms with E-state index < -0.39 is 5.97 Å². The van der Waals surface area contributed by atoms with Gasteiger partial charge in [0.2, 0.25) is 0 Å². The molecule has 5 nitrogen and oxygen atoms in total. The lowest BCUT2D eigenvalue weighted by molar-refractivity contribution is 0.0603. The summed E-state index contributed by atoms with van der Waals surface area (Å²) in [6.45, 7) is 2.54. The summed E-state index contributed by atoms with van der Waals surface area (Å²) in [7, 11) is 1.35. The molecule has 0 unspecified atom stereocenters. The summed E-state index contributed by atoms with van der Waals surface area (Å²) in [4.78, 5) is 12.4. The summed E-state index contributed by atoms with van der Waals surface area (Å²) in [5.74, 6) is -0.301. The number of phenolic OH excluding ortho intramolecular Hbond substituents is 1. The molecule has 0 saturated heterocycles. The van der Waals surface area contributed by atoms with E-state index >= 15 is 0 Å². The number of nitriles is 1. The highest BCUT2D eigenvalue weighted by Gasteiger charge is 2.21. The largest absolute Gasteiger partial charge is 0.507 e. The van der Waals surface area contributed by atoms with Crippen molar-refractivity contribution in [2.24, 2.45) is 0 Å². The second-order valence-corrected chi connectivity index (χ2v) is 6.95. The molecule has 5 heteroatoms. The molecule has 0 aliphatic carbocycles. The van der Waals surface area contributed by atoms with Crippen LogP contribution in [0.1, 0.15) is 34.0 Å². The zero-order chi connectivity index (χ0) is 20.5. The van der Waals surface area contributed by atoms with Crippen molar-refractivity contribution in [2.45, 2.75) is 19.9 Å². The number of fused-ring (bicyclic) bond motifs is 3. The van der Waals surface area contributed by atoms with Crippen LogP contribution in [0.25, 0.3) is 21.8 Å². The van der Waals surface area contributed by atoms with Crippen LogP contribution in [0.15, 0.2) is 54.6 Å². The van der Waals surface area contributed by atoms with Crippen molar-refractivity contribution >= 4 is 27.8 Å². The van der Waals surface area contributed by atoms with Gasteiger partial charge in [-0.1, -0.05) is 25.1 Å². The van der Waals surface area contributed by atoms with E-state index in [0.717, 1.165) is 28.6 Å². The molecule has 0 amide bonds. The predicted molar refractivity (Wildman–Crippen MR) is 112 cm³/mol. The summed E-state index contributed by atoms with van der Waals surface area (Å²) in [5, 5.41) is 21.3. The van der Waals surface area contributed by atoms with Crippen LogP contribution in [0.3, 0.4) is 0 Å². The summed E-state index contributed by atoms with van der Waals surface area (Å²) in [5.41, 5.74) is 4.65. The Labute approximate surface area is 168 Å². The van der Waals surface area contributed by atoms with Gasteiger partial charge in [-0.2, -0.15) is 5.26 Å². The van der Waals surface area contributed by atoms with E-state index in [9.17, 15) is 15.2 Å². The number of phenols is 1. The van der Waals surface area contributed by atoms with Crippen LogP contribution in [-0.2, 0) is 17.7 Å². The lowest BCUT2D eigenvalue weighted by Crippen LogP contribution is -2.03. The first-order valence-corrected chi connectivity index (χ1v) is 9.41. The molecule has 1 aromatic heterocycles. The van der Waals surface area contributed by atoms with Gasteiger partial charge in [-0.05, 0) is 53.9 Å². The van der Waals surface area contributed by atoms with Gasteiger partial charge in [0.25, 0.3) is 0 Å². The number of aromatic hydroxyl groups is 1. The molecule has 4 rings (SSSR count). The molecule has 0 spiro atoms. The third kappa shape index (κ3) is 3.09. The molecular weight excluding hydrogens is 364 g/mol. The average molecular weight is 384 g/mol. The Morgan fingerprint density at radius 2 is 1.86 bits per heavy atom. The van der Waals surface area contributed by atoms with E-state index in [0.29, 0.717) is 28.4 Å². The monoisotopic (exact) mass is 384 g/mol. The van der Waals surface area contributed by atoms with Crippen molar-refractivity contribution in [3.63, 3.8) is 0 Å². The van der Waals surface area contributed by atoms with Gasteiger partial charge in [0.05, 0.1) is 40.7 Å². The number of esters is 1. The van der Waals surface area contributed by atoms with Gasteiger partial charge in [0, 0.05) is 11.9 Å². The maximum absolute atomic E-state index is 12.4. The third-order valence-electron chi connectivity index (χ3n) is 5.24. The Morgan fingerprint density at radius 1 is 1.07 bits per heavy atom. The molecule has 1 heterocycles. The number of methoxy groups -OCH3 is 1. The molecule has 0 aliphatic heterocycles. The second-order valence-electron chi connectivity index (χ2n) is 6.95. The van der Waals surface area contributed by atoms with Crippen molar-refractivity contribution in [3.05, 3.63) is 76.9 Å². The standard InChI is InChI=1S/C24H20N2O3/c1-3-15-11-20-23(21(27)12-15)22-18(24(28)29-2)8-5-9-19(22)26(20)14-17-7-4-6-16(10-17)13-25/h4-12,27H,3,14H2,1-2H3. The van der Waals surface area contributed by atoms with Crippen LogP contribution in [0.5, 0.6) is 5.75 Å². The number of nitrogens with zero attached hydrogens (tertiary/aromatic N) is 2.